The monoisotopic (exact) mass is 288 g/mol. The molecule has 21 heavy (non-hydrogen) atoms. The number of benzene rings is 1. The zero-order valence-corrected chi connectivity index (χ0v) is 12.6. The van der Waals surface area contributed by atoms with Crippen LogP contribution in [0.1, 0.15) is 35.6 Å². The highest BCUT2D eigenvalue weighted by atomic mass is 16.5. The van der Waals surface area contributed by atoms with Gasteiger partial charge in [0, 0.05) is 0 Å². The molecule has 0 radical (unpaired) electrons. The third-order valence-electron chi connectivity index (χ3n) is 3.17. The largest absolute Gasteiger partial charge is 0.497 e. The second kappa shape index (κ2) is 6.92. The Morgan fingerprint density at radius 2 is 1.95 bits per heavy atom. The number of nitrogens with zero attached hydrogens (tertiary/aromatic N) is 2. The highest BCUT2D eigenvalue weighted by Crippen LogP contribution is 2.14. The van der Waals surface area contributed by atoms with Gasteiger partial charge in [-0.05, 0) is 37.1 Å². The number of ether oxygens (including phenoxy) is 2. The number of aryl methyl sites for hydroxylation is 1. The van der Waals surface area contributed by atoms with Crippen molar-refractivity contribution in [3.05, 3.63) is 47.3 Å². The number of hydrogen-bond acceptors (Lipinski definition) is 4. The van der Waals surface area contributed by atoms with Crippen LogP contribution < -0.4 is 4.74 Å². The highest BCUT2D eigenvalue weighted by Gasteiger charge is 2.16. The van der Waals surface area contributed by atoms with Crippen LogP contribution in [-0.2, 0) is 17.7 Å². The lowest BCUT2D eigenvalue weighted by atomic mass is 10.2. The van der Waals surface area contributed by atoms with E-state index in [1.807, 2.05) is 31.2 Å². The summed E-state index contributed by atoms with van der Waals surface area (Å²) >= 11 is 0. The first kappa shape index (κ1) is 15.1. The van der Waals surface area contributed by atoms with Crippen LogP contribution in [-0.4, -0.2) is 29.5 Å². The summed E-state index contributed by atoms with van der Waals surface area (Å²) in [6, 6.07) is 9.50. The molecule has 0 N–H and O–H groups in total. The lowest BCUT2D eigenvalue weighted by Crippen LogP contribution is -2.14. The van der Waals surface area contributed by atoms with Crippen molar-refractivity contribution in [2.45, 2.75) is 26.8 Å². The van der Waals surface area contributed by atoms with Gasteiger partial charge < -0.3 is 9.47 Å². The Morgan fingerprint density at radius 3 is 2.52 bits per heavy atom. The van der Waals surface area contributed by atoms with Crippen LogP contribution in [0.3, 0.4) is 0 Å². The normalized spacial score (nSPS) is 10.4. The first-order valence-corrected chi connectivity index (χ1v) is 7.04. The molecular weight excluding hydrogens is 268 g/mol. The molecule has 0 atom stereocenters. The van der Waals surface area contributed by atoms with Crippen LogP contribution in [0.15, 0.2) is 30.3 Å². The van der Waals surface area contributed by atoms with Gasteiger partial charge in [0.15, 0.2) is 0 Å². The summed E-state index contributed by atoms with van der Waals surface area (Å²) in [4.78, 5) is 12.0. The standard InChI is InChI=1S/C16H20N2O3/c1-4-13-10-15(16(19)21-5-2)18(17-13)11-12-6-8-14(20-3)9-7-12/h6-10H,4-5,11H2,1-3H3. The molecule has 2 rings (SSSR count). The van der Waals surface area contributed by atoms with Gasteiger partial charge in [-0.25, -0.2) is 4.79 Å². The molecule has 112 valence electrons. The third-order valence-corrected chi connectivity index (χ3v) is 3.17. The van der Waals surface area contributed by atoms with E-state index in [-0.39, 0.29) is 5.97 Å². The average Bonchev–Trinajstić information content (AvgIpc) is 2.91. The molecule has 1 heterocycles. The van der Waals surface area contributed by atoms with E-state index in [0.29, 0.717) is 18.8 Å². The molecule has 5 nitrogen and oxygen atoms in total. The van der Waals surface area contributed by atoms with E-state index in [0.717, 1.165) is 23.4 Å². The molecule has 0 aliphatic heterocycles. The number of hydrogen-bond donors (Lipinski definition) is 0. The van der Waals surface area contributed by atoms with Gasteiger partial charge in [-0.15, -0.1) is 0 Å². The number of esters is 1. The van der Waals surface area contributed by atoms with Crippen molar-refractivity contribution in [1.82, 2.24) is 9.78 Å². The van der Waals surface area contributed by atoms with Gasteiger partial charge in [0.2, 0.25) is 0 Å². The maximum atomic E-state index is 12.0. The number of rotatable bonds is 6. The fraction of sp³-hybridized carbons (Fsp3) is 0.375. The quantitative estimate of drug-likeness (QED) is 0.767. The summed E-state index contributed by atoms with van der Waals surface area (Å²) in [5, 5.41) is 4.45. The Kier molecular flexibility index (Phi) is 4.98. The summed E-state index contributed by atoms with van der Waals surface area (Å²) < 4.78 is 11.9. The zero-order valence-electron chi connectivity index (χ0n) is 12.6. The summed E-state index contributed by atoms with van der Waals surface area (Å²) in [7, 11) is 1.63. The Bertz CT molecular complexity index is 602. The molecule has 2 aromatic rings. The second-order valence-electron chi connectivity index (χ2n) is 4.60. The first-order chi connectivity index (χ1) is 10.2. The van der Waals surface area contributed by atoms with Gasteiger partial charge in [0.1, 0.15) is 11.4 Å². The van der Waals surface area contributed by atoms with E-state index in [1.165, 1.54) is 0 Å². The smallest absolute Gasteiger partial charge is 0.356 e. The van der Waals surface area contributed by atoms with Crippen molar-refractivity contribution < 1.29 is 14.3 Å². The summed E-state index contributed by atoms with van der Waals surface area (Å²) in [6.07, 6.45) is 0.780. The van der Waals surface area contributed by atoms with Crippen LogP contribution >= 0.6 is 0 Å². The molecule has 0 saturated heterocycles. The van der Waals surface area contributed by atoms with Gasteiger partial charge in [-0.2, -0.15) is 5.10 Å². The zero-order chi connectivity index (χ0) is 15.2. The fourth-order valence-electron chi connectivity index (χ4n) is 2.04. The maximum absolute atomic E-state index is 12.0. The molecule has 0 bridgehead atoms. The van der Waals surface area contributed by atoms with E-state index < -0.39 is 0 Å². The topological polar surface area (TPSA) is 53.3 Å². The van der Waals surface area contributed by atoms with Crippen molar-refractivity contribution in [3.8, 4) is 5.75 Å². The fourth-order valence-corrected chi connectivity index (χ4v) is 2.04. The van der Waals surface area contributed by atoms with Crippen LogP contribution in [0.5, 0.6) is 5.75 Å². The Labute approximate surface area is 124 Å². The number of carbonyl (C=O) groups excluding carboxylic acids is 1. The number of aromatic nitrogens is 2. The maximum Gasteiger partial charge on any atom is 0.356 e. The van der Waals surface area contributed by atoms with Crippen LogP contribution in [0.2, 0.25) is 0 Å². The third kappa shape index (κ3) is 3.62. The Morgan fingerprint density at radius 1 is 1.24 bits per heavy atom. The molecule has 0 aliphatic carbocycles. The Balaban J connectivity index is 2.24. The molecule has 0 spiro atoms. The molecule has 5 heteroatoms. The predicted octanol–water partition coefficient (Wildman–Crippen LogP) is 2.68. The van der Waals surface area contributed by atoms with E-state index in [9.17, 15) is 4.79 Å². The molecule has 0 fully saturated rings. The molecular formula is C16H20N2O3. The summed E-state index contributed by atoms with van der Waals surface area (Å²) in [5.41, 5.74) is 2.42. The van der Waals surface area contributed by atoms with Crippen molar-refractivity contribution >= 4 is 5.97 Å². The van der Waals surface area contributed by atoms with E-state index in [4.69, 9.17) is 9.47 Å². The van der Waals surface area contributed by atoms with Gasteiger partial charge in [0.25, 0.3) is 0 Å². The van der Waals surface area contributed by atoms with Crippen LogP contribution in [0.4, 0.5) is 0 Å². The summed E-state index contributed by atoms with van der Waals surface area (Å²) in [5.74, 6) is 0.470. The second-order valence-corrected chi connectivity index (χ2v) is 4.60. The van der Waals surface area contributed by atoms with Crippen molar-refractivity contribution in [1.29, 1.82) is 0 Å². The molecule has 1 aromatic heterocycles. The van der Waals surface area contributed by atoms with Crippen LogP contribution in [0.25, 0.3) is 0 Å². The molecule has 0 aliphatic rings. The lowest BCUT2D eigenvalue weighted by Gasteiger charge is -2.07. The van der Waals surface area contributed by atoms with E-state index >= 15 is 0 Å². The lowest BCUT2D eigenvalue weighted by molar-refractivity contribution is 0.0512. The minimum absolute atomic E-state index is 0.335. The highest BCUT2D eigenvalue weighted by molar-refractivity contribution is 5.87. The van der Waals surface area contributed by atoms with Gasteiger partial charge in [-0.3, -0.25) is 4.68 Å². The first-order valence-electron chi connectivity index (χ1n) is 7.04. The van der Waals surface area contributed by atoms with Gasteiger partial charge in [-0.1, -0.05) is 19.1 Å². The SMILES string of the molecule is CCOC(=O)c1cc(CC)nn1Cc1ccc(OC)cc1. The van der Waals surface area contributed by atoms with Gasteiger partial charge >= 0.3 is 5.97 Å². The Hall–Kier alpha value is -2.30. The van der Waals surface area contributed by atoms with E-state index in [2.05, 4.69) is 5.10 Å². The van der Waals surface area contributed by atoms with Crippen molar-refractivity contribution in [3.63, 3.8) is 0 Å². The number of carbonyl (C=O) groups is 1. The van der Waals surface area contributed by atoms with Crippen LogP contribution in [0, 0.1) is 0 Å². The van der Waals surface area contributed by atoms with Crippen molar-refractivity contribution in [2.75, 3.05) is 13.7 Å². The average molecular weight is 288 g/mol. The molecule has 1 aromatic carbocycles. The van der Waals surface area contributed by atoms with Crippen molar-refractivity contribution in [2.24, 2.45) is 0 Å². The minimum atomic E-state index is -0.335. The minimum Gasteiger partial charge on any atom is -0.497 e. The predicted molar refractivity (Wildman–Crippen MR) is 79.7 cm³/mol. The molecule has 0 amide bonds. The van der Waals surface area contributed by atoms with E-state index in [1.54, 1.807) is 24.8 Å². The number of methoxy groups -OCH3 is 1. The molecule has 0 unspecified atom stereocenters. The summed E-state index contributed by atoms with van der Waals surface area (Å²) in [6.45, 7) is 4.68. The molecule has 0 saturated carbocycles. The van der Waals surface area contributed by atoms with Gasteiger partial charge in [0.05, 0.1) is 26.0 Å².